The Labute approximate surface area is 232 Å². The van der Waals surface area contributed by atoms with Crippen molar-refractivity contribution in [3.8, 4) is 11.3 Å². The van der Waals surface area contributed by atoms with Crippen molar-refractivity contribution >= 4 is 0 Å². The molecular weight excluding hydrogens is 486 g/mol. The van der Waals surface area contributed by atoms with E-state index in [4.69, 9.17) is 9.47 Å². The number of aliphatic hydroxyl groups is 1. The second-order valence-electron chi connectivity index (χ2n) is 11.6. The van der Waals surface area contributed by atoms with Crippen molar-refractivity contribution in [2.75, 3.05) is 6.61 Å². The smallest absolute Gasteiger partial charge is 0.209 e. The molecular formula is C33H41N3O3. The molecule has 1 aromatic carbocycles. The molecule has 0 fully saturated rings. The van der Waals surface area contributed by atoms with Crippen LogP contribution >= 0.6 is 0 Å². The van der Waals surface area contributed by atoms with Crippen LogP contribution in [0, 0.1) is 5.92 Å². The standard InChI is InChI=1S/C33H41N3O3/c1-22(2)10-9-11-23(3)14-28-15-24(4)18-33(38-28)19-27(21-37)29-17-31(25(5)16-32(29)39-33)36-20-30(34-35-36)26-12-7-6-8-13-26/h6-8,10,12-14,16,18-20,28-29,31-32,37H,9,11,15,17,21H2,1-5H3/t28-,29-,31?,32-,33+/m1/s1. The van der Waals surface area contributed by atoms with E-state index in [9.17, 15) is 5.11 Å². The molecule has 1 aromatic heterocycles. The monoisotopic (exact) mass is 527 g/mol. The van der Waals surface area contributed by atoms with E-state index in [0.29, 0.717) is 0 Å². The molecule has 0 saturated carbocycles. The lowest BCUT2D eigenvalue weighted by Crippen LogP contribution is -2.49. The summed E-state index contributed by atoms with van der Waals surface area (Å²) in [5, 5.41) is 19.4. The normalized spacial score (nSPS) is 28.9. The van der Waals surface area contributed by atoms with Gasteiger partial charge in [-0.25, -0.2) is 4.68 Å². The summed E-state index contributed by atoms with van der Waals surface area (Å²) in [5.41, 5.74) is 7.94. The third-order valence-electron chi connectivity index (χ3n) is 7.96. The maximum atomic E-state index is 10.5. The average Bonchev–Trinajstić information content (AvgIpc) is 3.37. The number of fused-ring (bicyclic) bond motifs is 1. The third-order valence-corrected chi connectivity index (χ3v) is 7.96. The lowest BCUT2D eigenvalue weighted by molar-refractivity contribution is -0.225. The fraction of sp³-hybridized carbons (Fsp3) is 0.455. The van der Waals surface area contributed by atoms with Crippen LogP contribution in [0.1, 0.15) is 66.3 Å². The zero-order valence-electron chi connectivity index (χ0n) is 23.8. The Morgan fingerprint density at radius 3 is 2.67 bits per heavy atom. The van der Waals surface area contributed by atoms with E-state index in [1.807, 2.05) is 47.3 Å². The molecule has 0 bridgehead atoms. The summed E-state index contributed by atoms with van der Waals surface area (Å²) in [4.78, 5) is 0. The minimum Gasteiger partial charge on any atom is -0.392 e. The Morgan fingerprint density at radius 2 is 1.92 bits per heavy atom. The van der Waals surface area contributed by atoms with Gasteiger partial charge in [-0.15, -0.1) is 5.10 Å². The van der Waals surface area contributed by atoms with E-state index in [0.717, 1.165) is 42.5 Å². The third kappa shape index (κ3) is 6.24. The highest BCUT2D eigenvalue weighted by atomic mass is 16.7. The summed E-state index contributed by atoms with van der Waals surface area (Å²) < 4.78 is 15.3. The number of hydrogen-bond acceptors (Lipinski definition) is 5. The van der Waals surface area contributed by atoms with E-state index in [1.165, 1.54) is 22.3 Å². The van der Waals surface area contributed by atoms with Gasteiger partial charge >= 0.3 is 0 Å². The van der Waals surface area contributed by atoms with Crippen LogP contribution in [0.5, 0.6) is 0 Å². The molecule has 2 aromatic rings. The second-order valence-corrected chi connectivity index (χ2v) is 11.6. The number of benzene rings is 1. The number of allylic oxidation sites excluding steroid dienone is 4. The quantitative estimate of drug-likeness (QED) is 0.397. The maximum Gasteiger partial charge on any atom is 0.209 e. The van der Waals surface area contributed by atoms with Crippen molar-refractivity contribution in [3.63, 3.8) is 0 Å². The van der Waals surface area contributed by atoms with Gasteiger partial charge in [-0.2, -0.15) is 0 Å². The first-order valence-electron chi connectivity index (χ1n) is 14.1. The molecule has 6 heteroatoms. The molecule has 39 heavy (non-hydrogen) atoms. The van der Waals surface area contributed by atoms with Gasteiger partial charge in [0.25, 0.3) is 0 Å². The van der Waals surface area contributed by atoms with Crippen LogP contribution in [0.4, 0.5) is 0 Å². The van der Waals surface area contributed by atoms with E-state index < -0.39 is 5.79 Å². The topological polar surface area (TPSA) is 69.4 Å². The molecule has 0 radical (unpaired) electrons. The number of ether oxygens (including phenoxy) is 2. The van der Waals surface area contributed by atoms with Gasteiger partial charge in [0.15, 0.2) is 0 Å². The highest BCUT2D eigenvalue weighted by Gasteiger charge is 2.46. The van der Waals surface area contributed by atoms with Crippen LogP contribution in [0.2, 0.25) is 0 Å². The van der Waals surface area contributed by atoms with Gasteiger partial charge in [-0.3, -0.25) is 0 Å². The average molecular weight is 528 g/mol. The van der Waals surface area contributed by atoms with Crippen LogP contribution in [0.15, 0.2) is 94.8 Å². The molecule has 3 heterocycles. The Hall–Kier alpha value is -3.06. The number of nitrogens with zero attached hydrogens (tertiary/aromatic N) is 3. The molecule has 2 aliphatic heterocycles. The molecule has 206 valence electrons. The Morgan fingerprint density at radius 1 is 1.13 bits per heavy atom. The summed E-state index contributed by atoms with van der Waals surface area (Å²) in [5.74, 6) is -0.932. The molecule has 1 N–H and O–H groups in total. The molecule has 3 aliphatic rings. The van der Waals surface area contributed by atoms with E-state index in [1.54, 1.807) is 0 Å². The maximum absolute atomic E-state index is 10.5. The summed E-state index contributed by atoms with van der Waals surface area (Å²) in [6, 6.07) is 10.2. The molecule has 0 saturated heterocycles. The van der Waals surface area contributed by atoms with E-state index in [-0.39, 0.29) is 30.8 Å². The Balaban J connectivity index is 1.36. The number of aliphatic hydroxyl groups excluding tert-OH is 1. The predicted molar refractivity (Wildman–Crippen MR) is 155 cm³/mol. The van der Waals surface area contributed by atoms with Crippen molar-refractivity contribution in [1.29, 1.82) is 0 Å². The highest BCUT2D eigenvalue weighted by molar-refractivity contribution is 5.57. The van der Waals surface area contributed by atoms with Crippen molar-refractivity contribution in [1.82, 2.24) is 15.0 Å². The highest BCUT2D eigenvalue weighted by Crippen LogP contribution is 2.45. The fourth-order valence-corrected chi connectivity index (χ4v) is 6.04. The largest absolute Gasteiger partial charge is 0.392 e. The molecule has 6 nitrogen and oxygen atoms in total. The minimum absolute atomic E-state index is 0.0308. The van der Waals surface area contributed by atoms with Gasteiger partial charge in [-0.1, -0.05) is 76.1 Å². The minimum atomic E-state index is -0.972. The van der Waals surface area contributed by atoms with E-state index in [2.05, 4.69) is 69.2 Å². The molecule has 1 aliphatic carbocycles. The van der Waals surface area contributed by atoms with Gasteiger partial charge in [-0.05, 0) is 78.0 Å². The first kappa shape index (κ1) is 27.5. The van der Waals surface area contributed by atoms with Crippen molar-refractivity contribution in [3.05, 3.63) is 94.8 Å². The first-order valence-corrected chi connectivity index (χ1v) is 14.1. The lowest BCUT2D eigenvalue weighted by atomic mass is 9.77. The van der Waals surface area contributed by atoms with E-state index >= 15 is 0 Å². The van der Waals surface area contributed by atoms with Gasteiger partial charge in [0.05, 0.1) is 31.1 Å². The Kier molecular flexibility index (Phi) is 8.17. The zero-order valence-corrected chi connectivity index (χ0v) is 23.8. The van der Waals surface area contributed by atoms with Crippen molar-refractivity contribution in [2.24, 2.45) is 5.92 Å². The van der Waals surface area contributed by atoms with Crippen LogP contribution in [-0.2, 0) is 9.47 Å². The van der Waals surface area contributed by atoms with Gasteiger partial charge in [0, 0.05) is 11.5 Å². The zero-order chi connectivity index (χ0) is 27.6. The van der Waals surface area contributed by atoms with Crippen LogP contribution in [0.3, 0.4) is 0 Å². The van der Waals surface area contributed by atoms with Crippen molar-refractivity contribution < 1.29 is 14.6 Å². The van der Waals surface area contributed by atoms with Crippen molar-refractivity contribution in [2.45, 2.75) is 84.3 Å². The second kappa shape index (κ2) is 11.6. The van der Waals surface area contributed by atoms with Crippen LogP contribution in [0.25, 0.3) is 11.3 Å². The first-order chi connectivity index (χ1) is 18.7. The molecule has 5 rings (SSSR count). The van der Waals surface area contributed by atoms with Gasteiger partial charge in [0.1, 0.15) is 5.69 Å². The Bertz CT molecular complexity index is 1330. The number of rotatable bonds is 7. The summed E-state index contributed by atoms with van der Waals surface area (Å²) in [7, 11) is 0. The number of hydrogen-bond donors (Lipinski definition) is 1. The van der Waals surface area contributed by atoms with Crippen LogP contribution in [-0.4, -0.2) is 44.7 Å². The van der Waals surface area contributed by atoms with Crippen LogP contribution < -0.4 is 0 Å². The fourth-order valence-electron chi connectivity index (χ4n) is 6.04. The summed E-state index contributed by atoms with van der Waals surface area (Å²) in [6.45, 7) is 10.7. The molecule has 1 unspecified atom stereocenters. The van der Waals surface area contributed by atoms with Gasteiger partial charge in [0.2, 0.25) is 5.79 Å². The molecule has 5 atom stereocenters. The van der Waals surface area contributed by atoms with Gasteiger partial charge < -0.3 is 14.6 Å². The predicted octanol–water partition coefficient (Wildman–Crippen LogP) is 6.89. The molecule has 0 amide bonds. The molecule has 1 spiro atoms. The summed E-state index contributed by atoms with van der Waals surface area (Å²) >= 11 is 0. The SMILES string of the molecule is CC(C)=CCCC(C)=C[C@@H]1CC(C)=C[C@]2(C=C(CO)[C@H]3CC(n4cc(-c5ccccc5)nn4)C(C)=C[C@H]3O2)O1. The summed E-state index contributed by atoms with van der Waals surface area (Å²) in [6.07, 6.45) is 16.2. The number of aromatic nitrogens is 3. The lowest BCUT2D eigenvalue weighted by Gasteiger charge is -2.46.